The molecule has 2 aromatic rings. The normalized spacial score (nSPS) is 18.1. The number of hydrogen-bond acceptors (Lipinski definition) is 0. The number of fused-ring (bicyclic) bond motifs is 2. The number of hydrogen-bond donors (Lipinski definition) is 0. The summed E-state index contributed by atoms with van der Waals surface area (Å²) in [6, 6.07) is 16.7. The molecule has 0 amide bonds. The molecular formula is C18H15B. The summed E-state index contributed by atoms with van der Waals surface area (Å²) in [6.07, 6.45) is 0.958. The number of benzene rings is 2. The predicted octanol–water partition coefficient (Wildman–Crippen LogP) is 3.70. The van der Waals surface area contributed by atoms with Gasteiger partial charge < -0.3 is 0 Å². The van der Waals surface area contributed by atoms with Crippen LogP contribution in [0.2, 0.25) is 5.82 Å². The zero-order valence-corrected chi connectivity index (χ0v) is 11.1. The lowest BCUT2D eigenvalue weighted by Crippen LogP contribution is -2.12. The van der Waals surface area contributed by atoms with Gasteiger partial charge in [-0.15, -0.1) is 0 Å². The van der Waals surface area contributed by atoms with Crippen LogP contribution in [0.1, 0.15) is 35.1 Å². The van der Waals surface area contributed by atoms with Crippen LogP contribution in [0.25, 0.3) is 0 Å². The van der Waals surface area contributed by atoms with E-state index < -0.39 is 0 Å². The highest BCUT2D eigenvalue weighted by molar-refractivity contribution is 6.12. The van der Waals surface area contributed by atoms with Crippen LogP contribution >= 0.6 is 0 Å². The van der Waals surface area contributed by atoms with E-state index >= 15 is 0 Å². The van der Waals surface area contributed by atoms with Crippen molar-refractivity contribution in [3.63, 3.8) is 0 Å². The maximum atomic E-state index is 6.21. The standard InChI is InChI=1S/C18H15B/c1-13(19)18-12-16-8-3-2-6-14(16)10-11-15-7-4-5-9-17(15)18/h2-9,13,18H,12H2,1H3/t13-,18?/m1/s1. The van der Waals surface area contributed by atoms with Crippen LogP contribution < -0.4 is 0 Å². The molecule has 1 aliphatic rings. The van der Waals surface area contributed by atoms with Crippen LogP contribution in [-0.4, -0.2) is 7.85 Å². The molecule has 2 aromatic carbocycles. The van der Waals surface area contributed by atoms with Crippen LogP contribution in [0, 0.1) is 11.8 Å². The van der Waals surface area contributed by atoms with Crippen LogP contribution in [0.5, 0.6) is 0 Å². The molecule has 0 fully saturated rings. The monoisotopic (exact) mass is 242 g/mol. The molecule has 1 heteroatoms. The van der Waals surface area contributed by atoms with Crippen LogP contribution in [-0.2, 0) is 6.42 Å². The Labute approximate surface area is 116 Å². The minimum atomic E-state index is 0.120. The Morgan fingerprint density at radius 3 is 2.42 bits per heavy atom. The minimum Gasteiger partial charge on any atom is -0.0730 e. The Balaban J connectivity index is 2.20. The summed E-state index contributed by atoms with van der Waals surface area (Å²) >= 11 is 0. The van der Waals surface area contributed by atoms with E-state index in [1.807, 2.05) is 12.1 Å². The molecule has 0 saturated carbocycles. The van der Waals surface area contributed by atoms with E-state index in [-0.39, 0.29) is 5.82 Å². The van der Waals surface area contributed by atoms with Gasteiger partial charge in [0.1, 0.15) is 0 Å². The highest BCUT2D eigenvalue weighted by atomic mass is 14.2. The van der Waals surface area contributed by atoms with Gasteiger partial charge in [0.25, 0.3) is 0 Å². The van der Waals surface area contributed by atoms with Crippen molar-refractivity contribution in [2.45, 2.75) is 25.1 Å². The summed E-state index contributed by atoms with van der Waals surface area (Å²) in [7, 11) is 6.21. The van der Waals surface area contributed by atoms with Crippen molar-refractivity contribution < 1.29 is 0 Å². The van der Waals surface area contributed by atoms with E-state index in [1.165, 1.54) is 11.1 Å². The largest absolute Gasteiger partial charge is 0.0730 e. The van der Waals surface area contributed by atoms with Gasteiger partial charge in [-0.1, -0.05) is 61.0 Å². The fourth-order valence-electron chi connectivity index (χ4n) is 2.71. The van der Waals surface area contributed by atoms with Crippen molar-refractivity contribution in [3.05, 3.63) is 70.8 Å². The highest BCUT2D eigenvalue weighted by Gasteiger charge is 2.20. The summed E-state index contributed by atoms with van der Waals surface area (Å²) < 4.78 is 0. The molecule has 1 unspecified atom stereocenters. The first-order valence-electron chi connectivity index (χ1n) is 6.70. The first kappa shape index (κ1) is 12.1. The molecule has 2 atom stereocenters. The second kappa shape index (κ2) is 4.98. The van der Waals surface area contributed by atoms with Crippen molar-refractivity contribution >= 4 is 7.85 Å². The zero-order chi connectivity index (χ0) is 13.2. The summed E-state index contributed by atoms with van der Waals surface area (Å²) in [4.78, 5) is 0. The molecular weight excluding hydrogens is 227 g/mol. The number of rotatable bonds is 1. The Hall–Kier alpha value is -1.94. The smallest absolute Gasteiger partial charge is 0.0704 e. The topological polar surface area (TPSA) is 0 Å². The summed E-state index contributed by atoms with van der Waals surface area (Å²) in [6.45, 7) is 2.08. The first-order valence-corrected chi connectivity index (χ1v) is 6.70. The van der Waals surface area contributed by atoms with E-state index in [4.69, 9.17) is 7.85 Å². The molecule has 0 spiro atoms. The SMILES string of the molecule is [B][C@H](C)C1Cc2ccccc2C#Cc2ccccc21. The van der Waals surface area contributed by atoms with Crippen molar-refractivity contribution in [1.82, 2.24) is 0 Å². The third-order valence-electron chi connectivity index (χ3n) is 3.78. The highest BCUT2D eigenvalue weighted by Crippen LogP contribution is 2.34. The van der Waals surface area contributed by atoms with Gasteiger partial charge in [0, 0.05) is 11.1 Å². The van der Waals surface area contributed by atoms with E-state index in [1.54, 1.807) is 0 Å². The van der Waals surface area contributed by atoms with E-state index in [0.29, 0.717) is 5.92 Å². The van der Waals surface area contributed by atoms with Crippen molar-refractivity contribution in [1.29, 1.82) is 0 Å². The maximum Gasteiger partial charge on any atom is 0.0704 e. The lowest BCUT2D eigenvalue weighted by atomic mass is 9.70. The first-order chi connectivity index (χ1) is 9.25. The van der Waals surface area contributed by atoms with E-state index in [2.05, 4.69) is 55.2 Å². The molecule has 0 heterocycles. The van der Waals surface area contributed by atoms with Gasteiger partial charge in [-0.25, -0.2) is 0 Å². The Morgan fingerprint density at radius 2 is 1.63 bits per heavy atom. The minimum absolute atomic E-state index is 0.120. The molecule has 0 N–H and O–H groups in total. The molecule has 0 saturated heterocycles. The molecule has 2 radical (unpaired) electrons. The van der Waals surface area contributed by atoms with Crippen LogP contribution in [0.4, 0.5) is 0 Å². The third kappa shape index (κ3) is 2.31. The Kier molecular flexibility index (Phi) is 3.17. The van der Waals surface area contributed by atoms with Gasteiger partial charge in [-0.2, -0.15) is 0 Å². The van der Waals surface area contributed by atoms with Gasteiger partial charge in [0.2, 0.25) is 0 Å². The molecule has 3 rings (SSSR count). The van der Waals surface area contributed by atoms with Crippen molar-refractivity contribution in [2.75, 3.05) is 0 Å². The average molecular weight is 242 g/mol. The zero-order valence-electron chi connectivity index (χ0n) is 11.1. The molecule has 90 valence electrons. The quantitative estimate of drug-likeness (QED) is 0.528. The van der Waals surface area contributed by atoms with Gasteiger partial charge >= 0.3 is 0 Å². The second-order valence-corrected chi connectivity index (χ2v) is 5.16. The summed E-state index contributed by atoms with van der Waals surface area (Å²) in [5.41, 5.74) is 4.81. The molecule has 0 aliphatic heterocycles. The third-order valence-corrected chi connectivity index (χ3v) is 3.78. The molecule has 19 heavy (non-hydrogen) atoms. The van der Waals surface area contributed by atoms with E-state index in [9.17, 15) is 0 Å². The fraction of sp³-hybridized carbons (Fsp3) is 0.222. The lowest BCUT2D eigenvalue weighted by Gasteiger charge is -2.25. The summed E-state index contributed by atoms with van der Waals surface area (Å²) in [5, 5.41) is 0. The molecule has 0 bridgehead atoms. The predicted molar refractivity (Wildman–Crippen MR) is 80.5 cm³/mol. The van der Waals surface area contributed by atoms with Gasteiger partial charge in [-0.3, -0.25) is 0 Å². The molecule has 0 aromatic heterocycles. The molecule has 1 aliphatic carbocycles. The maximum absolute atomic E-state index is 6.21. The Bertz CT molecular complexity index is 659. The van der Waals surface area contributed by atoms with Gasteiger partial charge in [-0.05, 0) is 35.6 Å². The molecule has 0 nitrogen and oxygen atoms in total. The second-order valence-electron chi connectivity index (χ2n) is 5.16. The average Bonchev–Trinajstić information content (AvgIpc) is 2.41. The van der Waals surface area contributed by atoms with Crippen molar-refractivity contribution in [2.24, 2.45) is 0 Å². The van der Waals surface area contributed by atoms with Gasteiger partial charge in [0.05, 0.1) is 7.85 Å². The lowest BCUT2D eigenvalue weighted by molar-refractivity contribution is 0.656. The van der Waals surface area contributed by atoms with Crippen LogP contribution in [0.3, 0.4) is 0 Å². The van der Waals surface area contributed by atoms with E-state index in [0.717, 1.165) is 17.5 Å². The Morgan fingerprint density at radius 1 is 1.00 bits per heavy atom. The van der Waals surface area contributed by atoms with Gasteiger partial charge in [0.15, 0.2) is 0 Å². The fourth-order valence-corrected chi connectivity index (χ4v) is 2.71. The van der Waals surface area contributed by atoms with Crippen LogP contribution in [0.15, 0.2) is 48.5 Å². The van der Waals surface area contributed by atoms with Crippen molar-refractivity contribution in [3.8, 4) is 11.8 Å². The summed E-state index contributed by atoms with van der Waals surface area (Å²) in [5.74, 6) is 7.04.